The molecule has 2 aliphatic rings. The highest BCUT2D eigenvalue weighted by Gasteiger charge is 2.39. The Kier molecular flexibility index (Phi) is 3.76. The highest BCUT2D eigenvalue weighted by molar-refractivity contribution is 7.89. The molecule has 110 valence electrons. The van der Waals surface area contributed by atoms with Gasteiger partial charge in [0, 0.05) is 13.1 Å². The zero-order valence-corrected chi connectivity index (χ0v) is 11.7. The minimum absolute atomic E-state index is 0.224. The summed E-state index contributed by atoms with van der Waals surface area (Å²) in [7, 11) is -3.34. The maximum absolute atomic E-state index is 13.2. The molecule has 0 radical (unpaired) electrons. The molecule has 0 bridgehead atoms. The number of morpholine rings is 1. The molecule has 2 heterocycles. The molecule has 0 spiro atoms. The van der Waals surface area contributed by atoms with Gasteiger partial charge >= 0.3 is 0 Å². The summed E-state index contributed by atoms with van der Waals surface area (Å²) in [6, 6.07) is 6.08. The molecule has 5 nitrogen and oxygen atoms in total. The first kappa shape index (κ1) is 13.9. The first-order valence-corrected chi connectivity index (χ1v) is 8.01. The van der Waals surface area contributed by atoms with E-state index >= 15 is 0 Å². The van der Waals surface area contributed by atoms with Gasteiger partial charge in [-0.05, 0) is 17.7 Å². The van der Waals surface area contributed by atoms with Crippen LogP contribution < -0.4 is 0 Å². The summed E-state index contributed by atoms with van der Waals surface area (Å²) in [5.74, 6) is -0.349. The van der Waals surface area contributed by atoms with Crippen molar-refractivity contribution in [1.29, 1.82) is 0 Å². The van der Waals surface area contributed by atoms with Gasteiger partial charge < -0.3 is 9.47 Å². The van der Waals surface area contributed by atoms with E-state index in [4.69, 9.17) is 9.47 Å². The third kappa shape index (κ3) is 2.58. The van der Waals surface area contributed by atoms with Crippen LogP contribution in [-0.2, 0) is 19.5 Å². The van der Waals surface area contributed by atoms with Crippen LogP contribution in [0.2, 0.25) is 0 Å². The predicted octanol–water partition coefficient (Wildman–Crippen LogP) is 0.928. The lowest BCUT2D eigenvalue weighted by molar-refractivity contribution is -0.00712. The van der Waals surface area contributed by atoms with E-state index in [0.717, 1.165) is 0 Å². The monoisotopic (exact) mass is 301 g/mol. The second kappa shape index (κ2) is 5.40. The predicted molar refractivity (Wildman–Crippen MR) is 70.2 cm³/mol. The van der Waals surface area contributed by atoms with Crippen LogP contribution in [0.3, 0.4) is 0 Å². The lowest BCUT2D eigenvalue weighted by atomic mass is 10.1. The fourth-order valence-electron chi connectivity index (χ4n) is 2.36. The minimum atomic E-state index is -3.34. The van der Waals surface area contributed by atoms with Crippen molar-refractivity contribution in [3.63, 3.8) is 0 Å². The quantitative estimate of drug-likeness (QED) is 0.833. The van der Waals surface area contributed by atoms with Gasteiger partial charge in [0.05, 0.1) is 25.9 Å². The topological polar surface area (TPSA) is 55.8 Å². The van der Waals surface area contributed by atoms with Gasteiger partial charge in [0.2, 0.25) is 10.0 Å². The zero-order valence-electron chi connectivity index (χ0n) is 10.9. The molecule has 1 atom stereocenters. The smallest absolute Gasteiger partial charge is 0.221 e. The second-order valence-corrected chi connectivity index (χ2v) is 7.19. The Morgan fingerprint density at radius 1 is 1.30 bits per heavy atom. The summed E-state index contributed by atoms with van der Waals surface area (Å²) < 4.78 is 49.9. The van der Waals surface area contributed by atoms with Crippen molar-refractivity contribution in [3.8, 4) is 0 Å². The Morgan fingerprint density at radius 2 is 2.10 bits per heavy atom. The van der Waals surface area contributed by atoms with E-state index < -0.39 is 21.4 Å². The van der Waals surface area contributed by atoms with Gasteiger partial charge in [-0.2, -0.15) is 4.31 Å². The number of halogens is 1. The Morgan fingerprint density at radius 3 is 2.75 bits per heavy atom. The molecule has 0 amide bonds. The van der Waals surface area contributed by atoms with Gasteiger partial charge in [0.25, 0.3) is 0 Å². The van der Waals surface area contributed by atoms with Crippen molar-refractivity contribution in [3.05, 3.63) is 35.6 Å². The van der Waals surface area contributed by atoms with Crippen molar-refractivity contribution < 1.29 is 22.3 Å². The SMILES string of the molecule is O=S(=O)(C1COC1)N1CCOC(c2cccc(F)c2)C1. The van der Waals surface area contributed by atoms with E-state index in [1.165, 1.54) is 16.4 Å². The molecule has 2 saturated heterocycles. The van der Waals surface area contributed by atoms with Crippen LogP contribution in [0, 0.1) is 5.82 Å². The van der Waals surface area contributed by atoms with Crippen molar-refractivity contribution in [2.24, 2.45) is 0 Å². The molecule has 20 heavy (non-hydrogen) atoms. The summed E-state index contributed by atoms with van der Waals surface area (Å²) in [4.78, 5) is 0. The summed E-state index contributed by atoms with van der Waals surface area (Å²) in [6.07, 6.45) is -0.421. The van der Waals surface area contributed by atoms with Gasteiger partial charge in [-0.3, -0.25) is 0 Å². The number of hydrogen-bond acceptors (Lipinski definition) is 4. The maximum atomic E-state index is 13.2. The molecule has 0 aliphatic carbocycles. The van der Waals surface area contributed by atoms with Crippen LogP contribution in [0.1, 0.15) is 11.7 Å². The number of benzene rings is 1. The normalized spacial score (nSPS) is 25.4. The largest absolute Gasteiger partial charge is 0.378 e. The second-order valence-electron chi connectivity index (χ2n) is 4.98. The summed E-state index contributed by atoms with van der Waals surface area (Å²) >= 11 is 0. The summed E-state index contributed by atoms with van der Waals surface area (Å²) in [5, 5.41) is -0.450. The van der Waals surface area contributed by atoms with E-state index in [-0.39, 0.29) is 25.6 Å². The first-order chi connectivity index (χ1) is 9.57. The van der Waals surface area contributed by atoms with Crippen LogP contribution >= 0.6 is 0 Å². The van der Waals surface area contributed by atoms with Crippen molar-refractivity contribution >= 4 is 10.0 Å². The fraction of sp³-hybridized carbons (Fsp3) is 0.538. The summed E-state index contributed by atoms with van der Waals surface area (Å²) in [5.41, 5.74) is 0.662. The van der Waals surface area contributed by atoms with E-state index in [9.17, 15) is 12.8 Å². The Bertz CT molecular complexity index is 588. The molecule has 1 aromatic carbocycles. The zero-order chi connectivity index (χ0) is 14.2. The first-order valence-electron chi connectivity index (χ1n) is 6.51. The molecular formula is C13H16FNO4S. The van der Waals surface area contributed by atoms with Gasteiger partial charge in [0.1, 0.15) is 11.1 Å². The van der Waals surface area contributed by atoms with Gasteiger partial charge in [0.15, 0.2) is 0 Å². The Labute approximate surface area is 117 Å². The molecular weight excluding hydrogens is 285 g/mol. The van der Waals surface area contributed by atoms with Crippen molar-refractivity contribution in [2.75, 3.05) is 32.9 Å². The van der Waals surface area contributed by atoms with E-state index in [1.54, 1.807) is 12.1 Å². The van der Waals surface area contributed by atoms with E-state index in [2.05, 4.69) is 0 Å². The third-order valence-corrected chi connectivity index (χ3v) is 5.80. The van der Waals surface area contributed by atoms with Crippen molar-refractivity contribution in [1.82, 2.24) is 4.31 Å². The average molecular weight is 301 g/mol. The average Bonchev–Trinajstić information content (AvgIpc) is 2.36. The van der Waals surface area contributed by atoms with Crippen LogP contribution in [-0.4, -0.2) is 50.9 Å². The van der Waals surface area contributed by atoms with Gasteiger partial charge in [-0.25, -0.2) is 12.8 Å². The molecule has 0 N–H and O–H groups in total. The molecule has 3 rings (SSSR count). The molecule has 1 aromatic rings. The van der Waals surface area contributed by atoms with E-state index in [0.29, 0.717) is 18.7 Å². The number of rotatable bonds is 3. The molecule has 0 aromatic heterocycles. The number of hydrogen-bond donors (Lipinski definition) is 0. The van der Waals surface area contributed by atoms with Crippen LogP contribution in [0.5, 0.6) is 0 Å². The van der Waals surface area contributed by atoms with Crippen LogP contribution in [0.15, 0.2) is 24.3 Å². The molecule has 2 aliphatic heterocycles. The highest BCUT2D eigenvalue weighted by atomic mass is 32.2. The molecule has 0 saturated carbocycles. The molecule has 7 heteroatoms. The fourth-order valence-corrected chi connectivity index (χ4v) is 3.99. The number of sulfonamides is 1. The van der Waals surface area contributed by atoms with Gasteiger partial charge in [-0.1, -0.05) is 12.1 Å². The van der Waals surface area contributed by atoms with Crippen LogP contribution in [0.25, 0.3) is 0 Å². The highest BCUT2D eigenvalue weighted by Crippen LogP contribution is 2.27. The van der Waals surface area contributed by atoms with Gasteiger partial charge in [-0.15, -0.1) is 0 Å². The number of ether oxygens (including phenoxy) is 2. The lowest BCUT2D eigenvalue weighted by Crippen LogP contribution is -2.52. The van der Waals surface area contributed by atoms with Crippen molar-refractivity contribution in [2.45, 2.75) is 11.4 Å². The Hall–Kier alpha value is -1.02. The standard InChI is InChI=1S/C13H16FNO4S/c14-11-3-1-2-10(6-11)13-7-15(4-5-19-13)20(16,17)12-8-18-9-12/h1-3,6,12-13H,4-5,7-9H2. The lowest BCUT2D eigenvalue weighted by Gasteiger charge is -2.37. The Balaban J connectivity index is 1.76. The van der Waals surface area contributed by atoms with Crippen LogP contribution in [0.4, 0.5) is 4.39 Å². The molecule has 2 fully saturated rings. The minimum Gasteiger partial charge on any atom is -0.378 e. The number of nitrogens with zero attached hydrogens (tertiary/aromatic N) is 1. The third-order valence-electron chi connectivity index (χ3n) is 3.64. The molecule has 1 unspecified atom stereocenters. The summed E-state index contributed by atoms with van der Waals surface area (Å²) in [6.45, 7) is 1.38. The maximum Gasteiger partial charge on any atom is 0.221 e. The van der Waals surface area contributed by atoms with E-state index in [1.807, 2.05) is 0 Å².